The lowest BCUT2D eigenvalue weighted by Crippen LogP contribution is -2.30. The Morgan fingerprint density at radius 1 is 0.973 bits per heavy atom. The minimum atomic E-state index is -4.08. The first-order valence-corrected chi connectivity index (χ1v) is 15.1. The smallest absolute Gasteiger partial charge is 0.271 e. The predicted octanol–water partition coefficient (Wildman–Crippen LogP) is 4.74. The summed E-state index contributed by atoms with van der Waals surface area (Å²) in [6, 6.07) is 16.8. The Bertz CT molecular complexity index is 1230. The molecule has 0 aliphatic carbocycles. The highest BCUT2D eigenvalue weighted by Crippen LogP contribution is 2.44. The lowest BCUT2D eigenvalue weighted by Gasteiger charge is -2.19. The monoisotopic (exact) mass is 563 g/mol. The zero-order chi connectivity index (χ0) is 27.0. The van der Waals surface area contributed by atoms with Crippen LogP contribution in [0.15, 0.2) is 65.4 Å². The number of benzene rings is 2. The highest BCUT2D eigenvalue weighted by atomic mass is 32.2. The molecule has 2 aromatic rings. The molecule has 1 saturated heterocycles. The number of fused-ring (bicyclic) bond motifs is 1. The highest BCUT2D eigenvalue weighted by molar-refractivity contribution is 8.26. The van der Waals surface area contributed by atoms with Crippen molar-refractivity contribution in [2.45, 2.75) is 33.7 Å². The quantitative estimate of drug-likeness (QED) is 0.264. The standard InChI is InChI=1S/C20H18N2O5S3.C6H15N/c23-18-17(29-20(28)22(18)13-14-7-2-1-3-8-14)19-21(11-6-12-30(24,25)26)15-9-4-5-10-16(15)27-19;1-4-7(5-2)6-3/h1-5,7-10H,6,11-13H2,(H,24,25,26);4-6H2,1-3H3. The van der Waals surface area contributed by atoms with Gasteiger partial charge in [-0.2, -0.15) is 8.42 Å². The van der Waals surface area contributed by atoms with E-state index in [2.05, 4.69) is 25.7 Å². The van der Waals surface area contributed by atoms with Gasteiger partial charge >= 0.3 is 0 Å². The molecule has 37 heavy (non-hydrogen) atoms. The predicted molar refractivity (Wildman–Crippen MR) is 153 cm³/mol. The van der Waals surface area contributed by atoms with Crippen molar-refractivity contribution in [3.05, 3.63) is 70.9 Å². The largest absolute Gasteiger partial charge is 0.437 e. The fourth-order valence-corrected chi connectivity index (χ4v) is 5.69. The maximum atomic E-state index is 13.2. The highest BCUT2D eigenvalue weighted by Gasteiger charge is 2.40. The molecule has 1 N–H and O–H groups in total. The first-order chi connectivity index (χ1) is 17.7. The molecule has 0 unspecified atom stereocenters. The van der Waals surface area contributed by atoms with Gasteiger partial charge in [-0.1, -0.05) is 75.5 Å². The average molecular weight is 564 g/mol. The molecule has 0 atom stereocenters. The van der Waals surface area contributed by atoms with Crippen LogP contribution in [0.5, 0.6) is 5.75 Å². The van der Waals surface area contributed by atoms with E-state index in [1.54, 1.807) is 11.0 Å². The Balaban J connectivity index is 0.000000479. The Morgan fingerprint density at radius 2 is 1.59 bits per heavy atom. The second-order valence-electron chi connectivity index (χ2n) is 8.36. The van der Waals surface area contributed by atoms with Crippen molar-refractivity contribution in [2.75, 3.05) is 36.8 Å². The van der Waals surface area contributed by atoms with Gasteiger partial charge in [-0.05, 0) is 55.5 Å². The molecule has 1 amide bonds. The third-order valence-electron chi connectivity index (χ3n) is 5.96. The molecule has 0 saturated carbocycles. The van der Waals surface area contributed by atoms with Gasteiger partial charge in [-0.3, -0.25) is 14.2 Å². The number of hydrogen-bond donors (Lipinski definition) is 1. The fourth-order valence-electron chi connectivity index (χ4n) is 3.93. The Labute approximate surface area is 229 Å². The number of rotatable bonds is 9. The number of para-hydroxylation sites is 2. The van der Waals surface area contributed by atoms with Crippen molar-refractivity contribution >= 4 is 50.0 Å². The molecule has 8 nitrogen and oxygen atoms in total. The number of carbonyl (C=O) groups is 1. The third-order valence-corrected chi connectivity index (χ3v) is 8.18. The minimum Gasteiger partial charge on any atom is -0.437 e. The average Bonchev–Trinajstić information content (AvgIpc) is 3.37. The second kappa shape index (κ2) is 13.4. The maximum absolute atomic E-state index is 13.2. The van der Waals surface area contributed by atoms with Crippen LogP contribution >= 0.6 is 24.0 Å². The normalized spacial score (nSPS) is 17.1. The van der Waals surface area contributed by atoms with Gasteiger partial charge in [0.2, 0.25) is 5.88 Å². The fraction of sp³-hybridized carbons (Fsp3) is 0.385. The summed E-state index contributed by atoms with van der Waals surface area (Å²) in [5.41, 5.74) is 1.69. The van der Waals surface area contributed by atoms with Gasteiger partial charge in [0, 0.05) is 6.54 Å². The number of nitrogens with zero attached hydrogens (tertiary/aromatic N) is 3. The summed E-state index contributed by atoms with van der Waals surface area (Å²) in [5.74, 6) is 0.275. The Hall–Kier alpha value is -2.44. The molecular formula is C26H33N3O5S3. The summed E-state index contributed by atoms with van der Waals surface area (Å²) in [5, 5.41) is 0. The van der Waals surface area contributed by atoms with Crippen LogP contribution in [0.3, 0.4) is 0 Å². The van der Waals surface area contributed by atoms with Crippen LogP contribution in [0.2, 0.25) is 0 Å². The maximum Gasteiger partial charge on any atom is 0.271 e. The Kier molecular flexibility index (Phi) is 10.5. The van der Waals surface area contributed by atoms with Gasteiger partial charge in [0.25, 0.3) is 16.0 Å². The van der Waals surface area contributed by atoms with E-state index in [1.807, 2.05) is 48.5 Å². The van der Waals surface area contributed by atoms with Crippen molar-refractivity contribution in [2.24, 2.45) is 0 Å². The van der Waals surface area contributed by atoms with Gasteiger partial charge in [0.1, 0.15) is 9.23 Å². The molecule has 2 aromatic carbocycles. The third kappa shape index (κ3) is 7.78. The number of carbonyl (C=O) groups excluding carboxylic acids is 1. The van der Waals surface area contributed by atoms with Crippen LogP contribution in [-0.4, -0.2) is 64.9 Å². The molecule has 1 fully saturated rings. The van der Waals surface area contributed by atoms with Gasteiger partial charge in [0.15, 0.2) is 5.75 Å². The van der Waals surface area contributed by atoms with E-state index >= 15 is 0 Å². The summed E-state index contributed by atoms with van der Waals surface area (Å²) in [7, 11) is -4.08. The molecule has 2 aliphatic rings. The zero-order valence-corrected chi connectivity index (χ0v) is 23.7. The summed E-state index contributed by atoms with van der Waals surface area (Å²) in [4.78, 5) is 19.2. The van der Waals surface area contributed by atoms with Gasteiger partial charge < -0.3 is 14.5 Å². The van der Waals surface area contributed by atoms with E-state index in [4.69, 9.17) is 21.5 Å². The zero-order valence-electron chi connectivity index (χ0n) is 21.3. The van der Waals surface area contributed by atoms with E-state index < -0.39 is 10.1 Å². The van der Waals surface area contributed by atoms with Gasteiger partial charge in [-0.15, -0.1) is 0 Å². The molecule has 0 spiro atoms. The van der Waals surface area contributed by atoms with Crippen molar-refractivity contribution in [1.82, 2.24) is 9.80 Å². The molecule has 200 valence electrons. The van der Waals surface area contributed by atoms with Crippen LogP contribution in [0.1, 0.15) is 32.8 Å². The number of thioether (sulfide) groups is 1. The van der Waals surface area contributed by atoms with E-state index in [0.717, 1.165) is 23.0 Å². The summed E-state index contributed by atoms with van der Waals surface area (Å²) >= 11 is 6.60. The molecule has 0 bridgehead atoms. The van der Waals surface area contributed by atoms with Crippen molar-refractivity contribution in [3.63, 3.8) is 0 Å². The van der Waals surface area contributed by atoms with Crippen LogP contribution in [-0.2, 0) is 21.5 Å². The Morgan fingerprint density at radius 3 is 2.19 bits per heavy atom. The van der Waals surface area contributed by atoms with E-state index in [1.165, 1.54) is 24.5 Å². The van der Waals surface area contributed by atoms with Gasteiger partial charge in [-0.25, -0.2) is 0 Å². The van der Waals surface area contributed by atoms with E-state index in [0.29, 0.717) is 27.4 Å². The topological polar surface area (TPSA) is 90.4 Å². The molecule has 4 rings (SSSR count). The molecular weight excluding hydrogens is 531 g/mol. The molecule has 11 heteroatoms. The first kappa shape index (κ1) is 29.1. The summed E-state index contributed by atoms with van der Waals surface area (Å²) in [6.45, 7) is 10.7. The van der Waals surface area contributed by atoms with Crippen LogP contribution in [0, 0.1) is 0 Å². The van der Waals surface area contributed by atoms with E-state index in [9.17, 15) is 13.2 Å². The molecule has 0 radical (unpaired) electrons. The van der Waals surface area contributed by atoms with Crippen molar-refractivity contribution in [1.29, 1.82) is 0 Å². The SMILES string of the molecule is CCN(CC)CC.O=C1C(=C2Oc3ccccc3N2CCCS(=O)(=O)O)SC(=S)N1Cc1ccccc1. The van der Waals surface area contributed by atoms with Crippen molar-refractivity contribution < 1.29 is 22.5 Å². The van der Waals surface area contributed by atoms with Crippen LogP contribution in [0.4, 0.5) is 5.69 Å². The first-order valence-electron chi connectivity index (χ1n) is 12.2. The summed E-state index contributed by atoms with van der Waals surface area (Å²) in [6.07, 6.45) is 0.171. The summed E-state index contributed by atoms with van der Waals surface area (Å²) < 4.78 is 37.7. The van der Waals surface area contributed by atoms with Crippen LogP contribution in [0.25, 0.3) is 0 Å². The molecule has 0 aromatic heterocycles. The molecule has 2 heterocycles. The number of ether oxygens (including phenoxy) is 1. The lowest BCUT2D eigenvalue weighted by molar-refractivity contribution is -0.122. The van der Waals surface area contributed by atoms with Gasteiger partial charge in [0.05, 0.1) is 18.0 Å². The number of hydrogen-bond acceptors (Lipinski definition) is 8. The second-order valence-corrected chi connectivity index (χ2v) is 11.6. The number of thiocarbonyl (C=S) groups is 1. The lowest BCUT2D eigenvalue weighted by atomic mass is 10.2. The number of anilines is 1. The minimum absolute atomic E-state index is 0.171. The van der Waals surface area contributed by atoms with Crippen LogP contribution < -0.4 is 9.64 Å². The number of amides is 1. The van der Waals surface area contributed by atoms with Crippen molar-refractivity contribution in [3.8, 4) is 5.75 Å². The van der Waals surface area contributed by atoms with E-state index in [-0.39, 0.29) is 24.6 Å². The molecule has 2 aliphatic heterocycles.